The van der Waals surface area contributed by atoms with Crippen molar-refractivity contribution in [1.29, 1.82) is 0 Å². The molecule has 2 heterocycles. The molecule has 0 bridgehead atoms. The van der Waals surface area contributed by atoms with E-state index in [2.05, 4.69) is 19.9 Å². The zero-order valence-electron chi connectivity index (χ0n) is 11.1. The van der Waals surface area contributed by atoms with Gasteiger partial charge in [0.15, 0.2) is 0 Å². The highest BCUT2D eigenvalue weighted by Gasteiger charge is 2.09. The van der Waals surface area contributed by atoms with Gasteiger partial charge >= 0.3 is 0 Å². The van der Waals surface area contributed by atoms with Crippen LogP contribution in [-0.2, 0) is 6.61 Å². The molecule has 1 N–H and O–H groups in total. The minimum Gasteiger partial charge on any atom is -0.487 e. The number of H-pyrrole nitrogens is 1. The highest BCUT2D eigenvalue weighted by atomic mass is 16.5. The molecular formula is C15H14N4O. The highest BCUT2D eigenvalue weighted by molar-refractivity contribution is 5.71. The van der Waals surface area contributed by atoms with Gasteiger partial charge in [0.1, 0.15) is 18.7 Å². The summed E-state index contributed by atoms with van der Waals surface area (Å²) >= 11 is 0. The van der Waals surface area contributed by atoms with Crippen molar-refractivity contribution in [1.82, 2.24) is 19.9 Å². The molecule has 0 amide bonds. The van der Waals surface area contributed by atoms with Crippen LogP contribution < -0.4 is 4.74 Å². The van der Waals surface area contributed by atoms with Crippen LogP contribution in [0.4, 0.5) is 0 Å². The maximum atomic E-state index is 5.85. The molecule has 0 aliphatic carbocycles. The van der Waals surface area contributed by atoms with E-state index in [0.29, 0.717) is 6.61 Å². The first-order valence-electron chi connectivity index (χ1n) is 6.31. The van der Waals surface area contributed by atoms with Gasteiger partial charge in [-0.1, -0.05) is 18.2 Å². The summed E-state index contributed by atoms with van der Waals surface area (Å²) in [7, 11) is 0. The third kappa shape index (κ3) is 2.51. The lowest BCUT2D eigenvalue weighted by Gasteiger charge is -2.11. The van der Waals surface area contributed by atoms with Gasteiger partial charge in [0.2, 0.25) is 0 Å². The predicted octanol–water partition coefficient (Wildman–Crippen LogP) is 2.75. The Bertz CT molecular complexity index is 695. The monoisotopic (exact) mass is 266 g/mol. The first-order valence-corrected chi connectivity index (χ1v) is 6.31. The molecule has 0 radical (unpaired) electrons. The fraction of sp³-hybridized carbons (Fsp3) is 0.133. The first kappa shape index (κ1) is 12.3. The standard InChI is InChI=1S/C15H14N4O/c1-11-14(7-17-9-18-11)13-4-2-3-5-15(13)20-8-12-6-16-10-19-12/h2-7,9-10H,8H2,1H3,(H,16,19). The molecule has 0 saturated heterocycles. The molecule has 20 heavy (non-hydrogen) atoms. The molecule has 0 fully saturated rings. The molecule has 0 aliphatic rings. The zero-order valence-corrected chi connectivity index (χ0v) is 11.1. The number of nitrogens with zero attached hydrogens (tertiary/aromatic N) is 3. The smallest absolute Gasteiger partial charge is 0.132 e. The number of hydrogen-bond donors (Lipinski definition) is 1. The highest BCUT2D eigenvalue weighted by Crippen LogP contribution is 2.31. The van der Waals surface area contributed by atoms with Crippen LogP contribution in [0.25, 0.3) is 11.1 Å². The van der Waals surface area contributed by atoms with E-state index >= 15 is 0 Å². The molecule has 100 valence electrons. The minimum absolute atomic E-state index is 0.424. The van der Waals surface area contributed by atoms with Crippen LogP contribution in [0.1, 0.15) is 11.4 Å². The maximum absolute atomic E-state index is 5.85. The lowest BCUT2D eigenvalue weighted by molar-refractivity contribution is 0.303. The van der Waals surface area contributed by atoms with Crippen molar-refractivity contribution >= 4 is 0 Å². The van der Waals surface area contributed by atoms with Crippen LogP contribution in [-0.4, -0.2) is 19.9 Å². The number of ether oxygens (including phenoxy) is 1. The molecule has 3 aromatic rings. The van der Waals surface area contributed by atoms with E-state index in [1.165, 1.54) is 0 Å². The quantitative estimate of drug-likeness (QED) is 0.788. The largest absolute Gasteiger partial charge is 0.487 e. The second-order valence-corrected chi connectivity index (χ2v) is 4.37. The lowest BCUT2D eigenvalue weighted by Crippen LogP contribution is -1.98. The molecule has 2 aromatic heterocycles. The fourth-order valence-corrected chi connectivity index (χ4v) is 1.99. The summed E-state index contributed by atoms with van der Waals surface area (Å²) in [5.41, 5.74) is 3.75. The molecule has 5 heteroatoms. The average molecular weight is 266 g/mol. The van der Waals surface area contributed by atoms with Crippen molar-refractivity contribution in [3.63, 3.8) is 0 Å². The van der Waals surface area contributed by atoms with E-state index < -0.39 is 0 Å². The van der Waals surface area contributed by atoms with Gasteiger partial charge in [-0.2, -0.15) is 0 Å². The molecular weight excluding hydrogens is 252 g/mol. The molecule has 0 unspecified atom stereocenters. The Hall–Kier alpha value is -2.69. The summed E-state index contributed by atoms with van der Waals surface area (Å²) < 4.78 is 5.85. The Morgan fingerprint density at radius 3 is 2.85 bits per heavy atom. The van der Waals surface area contributed by atoms with E-state index in [9.17, 15) is 0 Å². The van der Waals surface area contributed by atoms with Crippen molar-refractivity contribution < 1.29 is 4.74 Å². The Labute approximate surface area is 116 Å². The van der Waals surface area contributed by atoms with E-state index in [0.717, 1.165) is 28.3 Å². The first-order chi connectivity index (χ1) is 9.84. The van der Waals surface area contributed by atoms with Crippen LogP contribution in [0.5, 0.6) is 5.75 Å². The average Bonchev–Trinajstić information content (AvgIpc) is 2.99. The summed E-state index contributed by atoms with van der Waals surface area (Å²) in [4.78, 5) is 15.4. The van der Waals surface area contributed by atoms with Gasteiger partial charge in [0, 0.05) is 29.2 Å². The second-order valence-electron chi connectivity index (χ2n) is 4.37. The van der Waals surface area contributed by atoms with Crippen LogP contribution in [0, 0.1) is 6.92 Å². The van der Waals surface area contributed by atoms with Crippen LogP contribution in [0.3, 0.4) is 0 Å². The van der Waals surface area contributed by atoms with Gasteiger partial charge in [0.25, 0.3) is 0 Å². The number of benzene rings is 1. The van der Waals surface area contributed by atoms with Crippen LogP contribution in [0.2, 0.25) is 0 Å². The van der Waals surface area contributed by atoms with Gasteiger partial charge < -0.3 is 9.72 Å². The van der Waals surface area contributed by atoms with Gasteiger partial charge in [-0.25, -0.2) is 15.0 Å². The number of rotatable bonds is 4. The SMILES string of the molecule is Cc1ncncc1-c1ccccc1OCc1c[nH]cn1. The van der Waals surface area contributed by atoms with Gasteiger partial charge in [0.05, 0.1) is 12.0 Å². The summed E-state index contributed by atoms with van der Waals surface area (Å²) in [6, 6.07) is 7.87. The predicted molar refractivity (Wildman–Crippen MR) is 75.1 cm³/mol. The van der Waals surface area contributed by atoms with Gasteiger partial charge in [-0.05, 0) is 13.0 Å². The van der Waals surface area contributed by atoms with Gasteiger partial charge in [-0.3, -0.25) is 0 Å². The minimum atomic E-state index is 0.424. The number of nitrogens with one attached hydrogen (secondary N) is 1. The molecule has 0 atom stereocenters. The third-order valence-electron chi connectivity index (χ3n) is 3.02. The van der Waals surface area contributed by atoms with Crippen molar-refractivity contribution in [2.75, 3.05) is 0 Å². The number of imidazole rings is 1. The number of para-hydroxylation sites is 1. The van der Waals surface area contributed by atoms with Crippen molar-refractivity contribution in [3.05, 3.63) is 60.7 Å². The van der Waals surface area contributed by atoms with E-state index in [1.807, 2.05) is 37.4 Å². The molecule has 5 nitrogen and oxygen atoms in total. The zero-order chi connectivity index (χ0) is 13.8. The molecule has 0 saturated carbocycles. The number of aromatic nitrogens is 4. The number of aryl methyl sites for hydroxylation is 1. The molecule has 3 rings (SSSR count). The van der Waals surface area contributed by atoms with E-state index in [4.69, 9.17) is 4.74 Å². The van der Waals surface area contributed by atoms with Gasteiger partial charge in [-0.15, -0.1) is 0 Å². The van der Waals surface area contributed by atoms with Crippen molar-refractivity contribution in [2.45, 2.75) is 13.5 Å². The normalized spacial score (nSPS) is 10.4. The molecule has 0 aliphatic heterocycles. The summed E-state index contributed by atoms with van der Waals surface area (Å²) in [6.45, 7) is 2.38. The Kier molecular flexibility index (Phi) is 3.41. The third-order valence-corrected chi connectivity index (χ3v) is 3.02. The topological polar surface area (TPSA) is 63.7 Å². The Morgan fingerprint density at radius 2 is 2.05 bits per heavy atom. The van der Waals surface area contributed by atoms with Crippen LogP contribution in [0.15, 0.2) is 49.3 Å². The lowest BCUT2D eigenvalue weighted by atomic mass is 10.1. The Morgan fingerprint density at radius 1 is 1.15 bits per heavy atom. The summed E-state index contributed by atoms with van der Waals surface area (Å²) in [5, 5.41) is 0. The van der Waals surface area contributed by atoms with Crippen molar-refractivity contribution in [2.24, 2.45) is 0 Å². The van der Waals surface area contributed by atoms with Crippen molar-refractivity contribution in [3.8, 4) is 16.9 Å². The fourth-order valence-electron chi connectivity index (χ4n) is 1.99. The van der Waals surface area contributed by atoms with Crippen LogP contribution >= 0.6 is 0 Å². The summed E-state index contributed by atoms with van der Waals surface area (Å²) in [5.74, 6) is 0.799. The molecule has 0 spiro atoms. The number of aromatic amines is 1. The maximum Gasteiger partial charge on any atom is 0.132 e. The Balaban J connectivity index is 1.90. The van der Waals surface area contributed by atoms with E-state index in [1.54, 1.807) is 18.9 Å². The molecule has 1 aromatic carbocycles. The van der Waals surface area contributed by atoms with E-state index in [-0.39, 0.29) is 0 Å². The number of hydrogen-bond acceptors (Lipinski definition) is 4. The second kappa shape index (κ2) is 5.52. The summed E-state index contributed by atoms with van der Waals surface area (Å²) in [6.07, 6.45) is 6.81.